The fourth-order valence-electron chi connectivity index (χ4n) is 3.14. The number of aromatic nitrogens is 1. The maximum Gasteiger partial charge on any atom is 0.268 e. The predicted molar refractivity (Wildman–Crippen MR) is 90.6 cm³/mol. The number of carbonyl (C=O) groups excluding carboxylic acids is 1. The van der Waals surface area contributed by atoms with Gasteiger partial charge in [0.1, 0.15) is 0 Å². The Morgan fingerprint density at radius 2 is 1.61 bits per heavy atom. The van der Waals surface area contributed by atoms with Gasteiger partial charge in [0.15, 0.2) is 6.29 Å². The Hall–Kier alpha value is -2.40. The zero-order chi connectivity index (χ0) is 16.8. The number of para-hydroxylation sites is 1. The second kappa shape index (κ2) is 5.35. The molecule has 0 aliphatic heterocycles. The fraction of sp³-hybridized carbons (Fsp3) is 0.167. The minimum absolute atomic E-state index is 0.293. The minimum atomic E-state index is -3.78. The molecule has 0 bridgehead atoms. The van der Waals surface area contributed by atoms with Gasteiger partial charge in [-0.3, -0.25) is 4.79 Å². The Labute approximate surface area is 135 Å². The van der Waals surface area contributed by atoms with E-state index in [-0.39, 0.29) is 0 Å². The highest BCUT2D eigenvalue weighted by Crippen LogP contribution is 2.29. The summed E-state index contributed by atoms with van der Waals surface area (Å²) in [5.41, 5.74) is 3.30. The van der Waals surface area contributed by atoms with Crippen molar-refractivity contribution in [3.63, 3.8) is 0 Å². The van der Waals surface area contributed by atoms with Gasteiger partial charge in [-0.1, -0.05) is 35.9 Å². The molecule has 0 saturated heterocycles. The molecule has 3 aromatic rings. The van der Waals surface area contributed by atoms with Gasteiger partial charge in [0.25, 0.3) is 10.0 Å². The van der Waals surface area contributed by atoms with Crippen LogP contribution in [0, 0.1) is 20.8 Å². The standard InChI is InChI=1S/C18H17NO3S/c1-12-8-13(2)18(14(3)9-12)23(21,22)19-10-15(11-20)16-6-4-5-7-17(16)19/h4-11H,1-3H3. The molecule has 0 saturated carbocycles. The molecule has 2 aromatic carbocycles. The van der Waals surface area contributed by atoms with Crippen LogP contribution in [0.4, 0.5) is 0 Å². The van der Waals surface area contributed by atoms with Gasteiger partial charge in [-0.15, -0.1) is 0 Å². The Morgan fingerprint density at radius 3 is 2.22 bits per heavy atom. The molecule has 0 aliphatic carbocycles. The van der Waals surface area contributed by atoms with Gasteiger partial charge in [0.2, 0.25) is 0 Å². The molecular weight excluding hydrogens is 310 g/mol. The van der Waals surface area contributed by atoms with E-state index >= 15 is 0 Å². The van der Waals surface area contributed by atoms with Crippen LogP contribution in [0.15, 0.2) is 47.5 Å². The average molecular weight is 327 g/mol. The molecule has 0 amide bonds. The SMILES string of the molecule is Cc1cc(C)c(S(=O)(=O)n2cc(C=O)c3ccccc32)c(C)c1. The third kappa shape index (κ3) is 2.37. The zero-order valence-corrected chi connectivity index (χ0v) is 14.0. The van der Waals surface area contributed by atoms with Crippen molar-refractivity contribution in [1.29, 1.82) is 0 Å². The fourth-order valence-corrected chi connectivity index (χ4v) is 4.94. The van der Waals surface area contributed by atoms with E-state index in [2.05, 4.69) is 0 Å². The summed E-state index contributed by atoms with van der Waals surface area (Å²) in [6.07, 6.45) is 2.08. The lowest BCUT2D eigenvalue weighted by Gasteiger charge is -2.14. The molecule has 5 heteroatoms. The first kappa shape index (κ1) is 15.5. The third-order valence-electron chi connectivity index (χ3n) is 3.96. The van der Waals surface area contributed by atoms with E-state index in [9.17, 15) is 13.2 Å². The molecular formula is C18H17NO3S. The number of fused-ring (bicyclic) bond motifs is 1. The van der Waals surface area contributed by atoms with Crippen LogP contribution in [0.2, 0.25) is 0 Å². The summed E-state index contributed by atoms with van der Waals surface area (Å²) in [6, 6.07) is 10.7. The van der Waals surface area contributed by atoms with Gasteiger partial charge in [0, 0.05) is 17.1 Å². The van der Waals surface area contributed by atoms with E-state index in [1.807, 2.05) is 19.1 Å². The molecule has 1 heterocycles. The normalized spacial score (nSPS) is 11.8. The van der Waals surface area contributed by atoms with E-state index in [0.29, 0.717) is 38.8 Å². The van der Waals surface area contributed by atoms with Crippen LogP contribution in [0.3, 0.4) is 0 Å². The number of carbonyl (C=O) groups is 1. The Kier molecular flexibility index (Phi) is 3.60. The maximum atomic E-state index is 13.2. The van der Waals surface area contributed by atoms with Gasteiger partial charge >= 0.3 is 0 Å². The molecule has 118 valence electrons. The summed E-state index contributed by atoms with van der Waals surface area (Å²) >= 11 is 0. The molecule has 0 fully saturated rings. The van der Waals surface area contributed by atoms with Crippen molar-refractivity contribution in [2.45, 2.75) is 25.7 Å². The van der Waals surface area contributed by atoms with Gasteiger partial charge in [-0.25, -0.2) is 12.4 Å². The molecule has 0 unspecified atom stereocenters. The van der Waals surface area contributed by atoms with Crippen LogP contribution in [0.5, 0.6) is 0 Å². The molecule has 4 nitrogen and oxygen atoms in total. The molecule has 0 N–H and O–H groups in total. The smallest absolute Gasteiger partial charge is 0.268 e. The second-order valence-electron chi connectivity index (χ2n) is 5.75. The highest BCUT2D eigenvalue weighted by atomic mass is 32.2. The lowest BCUT2D eigenvalue weighted by molar-refractivity contribution is 0.112. The lowest BCUT2D eigenvalue weighted by atomic mass is 10.1. The molecule has 23 heavy (non-hydrogen) atoms. The second-order valence-corrected chi connectivity index (χ2v) is 7.50. The molecule has 0 spiro atoms. The molecule has 0 aliphatic rings. The summed E-state index contributed by atoms with van der Waals surface area (Å²) in [6.45, 7) is 5.52. The van der Waals surface area contributed by atoms with Crippen LogP contribution >= 0.6 is 0 Å². The zero-order valence-electron chi connectivity index (χ0n) is 13.2. The highest BCUT2D eigenvalue weighted by molar-refractivity contribution is 7.90. The number of hydrogen-bond acceptors (Lipinski definition) is 3. The van der Waals surface area contributed by atoms with Crippen molar-refractivity contribution in [3.05, 3.63) is 64.8 Å². The highest BCUT2D eigenvalue weighted by Gasteiger charge is 2.24. The monoisotopic (exact) mass is 327 g/mol. The van der Waals surface area contributed by atoms with Crippen molar-refractivity contribution in [2.75, 3.05) is 0 Å². The van der Waals surface area contributed by atoms with E-state index < -0.39 is 10.0 Å². The Bertz CT molecular complexity index is 1010. The van der Waals surface area contributed by atoms with Crippen LogP contribution in [0.1, 0.15) is 27.0 Å². The van der Waals surface area contributed by atoms with Crippen molar-refractivity contribution >= 4 is 27.2 Å². The summed E-state index contributed by atoms with van der Waals surface area (Å²) in [5, 5.41) is 0.633. The third-order valence-corrected chi connectivity index (χ3v) is 5.94. The molecule has 3 rings (SSSR count). The van der Waals surface area contributed by atoms with Gasteiger partial charge in [0.05, 0.1) is 10.4 Å². The number of nitrogens with zero attached hydrogens (tertiary/aromatic N) is 1. The summed E-state index contributed by atoms with van der Waals surface area (Å²) < 4.78 is 27.6. The van der Waals surface area contributed by atoms with Crippen LogP contribution < -0.4 is 0 Å². The van der Waals surface area contributed by atoms with Crippen molar-refractivity contribution < 1.29 is 13.2 Å². The average Bonchev–Trinajstić information content (AvgIpc) is 2.85. The largest absolute Gasteiger partial charge is 0.298 e. The topological polar surface area (TPSA) is 56.1 Å². The summed E-state index contributed by atoms with van der Waals surface area (Å²) in [5.74, 6) is 0. The van der Waals surface area contributed by atoms with E-state index in [1.165, 1.54) is 10.2 Å². The van der Waals surface area contributed by atoms with Gasteiger partial charge in [-0.2, -0.15) is 0 Å². The summed E-state index contributed by atoms with van der Waals surface area (Å²) in [7, 11) is -3.78. The van der Waals surface area contributed by atoms with Crippen LogP contribution in [0.25, 0.3) is 10.9 Å². The first-order valence-corrected chi connectivity index (χ1v) is 8.69. The number of aryl methyl sites for hydroxylation is 3. The molecule has 0 radical (unpaired) electrons. The Balaban J connectivity index is 2.37. The van der Waals surface area contributed by atoms with E-state index in [4.69, 9.17) is 0 Å². The Morgan fingerprint density at radius 1 is 1.00 bits per heavy atom. The van der Waals surface area contributed by atoms with E-state index in [1.54, 1.807) is 38.1 Å². The van der Waals surface area contributed by atoms with Crippen LogP contribution in [-0.2, 0) is 10.0 Å². The molecule has 1 aromatic heterocycles. The first-order valence-electron chi connectivity index (χ1n) is 7.25. The van der Waals surface area contributed by atoms with Crippen molar-refractivity contribution in [2.24, 2.45) is 0 Å². The van der Waals surface area contributed by atoms with Gasteiger partial charge < -0.3 is 0 Å². The number of aldehydes is 1. The predicted octanol–water partition coefficient (Wildman–Crippen LogP) is 3.62. The maximum absolute atomic E-state index is 13.2. The van der Waals surface area contributed by atoms with Crippen LogP contribution in [-0.4, -0.2) is 18.7 Å². The number of hydrogen-bond donors (Lipinski definition) is 0. The van der Waals surface area contributed by atoms with Crippen molar-refractivity contribution in [1.82, 2.24) is 3.97 Å². The summed E-state index contributed by atoms with van der Waals surface area (Å²) in [4.78, 5) is 11.6. The minimum Gasteiger partial charge on any atom is -0.298 e. The van der Waals surface area contributed by atoms with Crippen molar-refractivity contribution in [3.8, 4) is 0 Å². The first-order chi connectivity index (χ1) is 10.9. The number of benzene rings is 2. The quantitative estimate of drug-likeness (QED) is 0.690. The van der Waals surface area contributed by atoms with E-state index in [0.717, 1.165) is 5.56 Å². The number of rotatable bonds is 3. The van der Waals surface area contributed by atoms with Gasteiger partial charge in [-0.05, 0) is 38.0 Å². The lowest BCUT2D eigenvalue weighted by Crippen LogP contribution is -2.15. The molecule has 0 atom stereocenters.